The molecule has 0 saturated heterocycles. The zero-order chi connectivity index (χ0) is 18.8. The minimum atomic E-state index is -0.230. The molecule has 7 nitrogen and oxygen atoms in total. The molecule has 1 N–H and O–H groups in total. The average Bonchev–Trinajstić information content (AvgIpc) is 3.35. The summed E-state index contributed by atoms with van der Waals surface area (Å²) in [7, 11) is 0. The number of hydrogen-bond donors (Lipinski definition) is 1. The van der Waals surface area contributed by atoms with Gasteiger partial charge in [-0.1, -0.05) is 25.0 Å². The third-order valence-electron chi connectivity index (χ3n) is 5.28. The molecule has 2 aromatic heterocycles. The summed E-state index contributed by atoms with van der Waals surface area (Å²) < 4.78 is 3.90. The molecular formula is C20H23N5O2. The van der Waals surface area contributed by atoms with Crippen molar-refractivity contribution >= 4 is 16.8 Å². The molecule has 27 heavy (non-hydrogen) atoms. The van der Waals surface area contributed by atoms with E-state index < -0.39 is 0 Å². The van der Waals surface area contributed by atoms with E-state index in [1.807, 2.05) is 25.1 Å². The van der Waals surface area contributed by atoms with Crippen molar-refractivity contribution < 1.29 is 4.79 Å². The van der Waals surface area contributed by atoms with Crippen LogP contribution in [0.2, 0.25) is 0 Å². The van der Waals surface area contributed by atoms with Crippen molar-refractivity contribution in [1.82, 2.24) is 24.6 Å². The highest BCUT2D eigenvalue weighted by Crippen LogP contribution is 2.31. The predicted molar refractivity (Wildman–Crippen MR) is 102 cm³/mol. The fourth-order valence-corrected chi connectivity index (χ4v) is 3.93. The summed E-state index contributed by atoms with van der Waals surface area (Å²) in [6, 6.07) is 9.01. The fraction of sp³-hybridized carbons (Fsp3) is 0.400. The highest BCUT2D eigenvalue weighted by molar-refractivity contribution is 5.82. The van der Waals surface area contributed by atoms with Gasteiger partial charge >= 0.3 is 0 Å². The molecule has 1 aliphatic rings. The standard InChI is InChI=1S/C20H23N5O2/c1-14(20-23-21-13-25(20)15-6-2-3-7-15)22-19(27)12-24-11-10-18(26)16-8-4-5-9-17(16)24/h4-5,8-11,13-15H,2-3,6-7,12H2,1H3,(H,22,27). The van der Waals surface area contributed by atoms with Crippen molar-refractivity contribution in [1.29, 1.82) is 0 Å². The number of aromatic nitrogens is 4. The second kappa shape index (κ2) is 7.34. The first-order valence-electron chi connectivity index (χ1n) is 9.40. The lowest BCUT2D eigenvalue weighted by molar-refractivity contribution is -0.122. The maximum Gasteiger partial charge on any atom is 0.240 e. The second-order valence-electron chi connectivity index (χ2n) is 7.15. The van der Waals surface area contributed by atoms with Crippen molar-refractivity contribution in [3.8, 4) is 0 Å². The van der Waals surface area contributed by atoms with Gasteiger partial charge in [0.15, 0.2) is 11.3 Å². The molecule has 0 aliphatic heterocycles. The molecule has 1 fully saturated rings. The van der Waals surface area contributed by atoms with E-state index in [1.54, 1.807) is 23.2 Å². The van der Waals surface area contributed by atoms with E-state index in [1.165, 1.54) is 18.9 Å². The first-order valence-corrected chi connectivity index (χ1v) is 9.40. The summed E-state index contributed by atoms with van der Waals surface area (Å²) in [5.74, 6) is 0.664. The van der Waals surface area contributed by atoms with Crippen LogP contribution < -0.4 is 10.7 Å². The number of amides is 1. The van der Waals surface area contributed by atoms with Gasteiger partial charge in [0.2, 0.25) is 5.91 Å². The molecule has 0 radical (unpaired) electrons. The van der Waals surface area contributed by atoms with E-state index in [0.29, 0.717) is 11.4 Å². The van der Waals surface area contributed by atoms with Gasteiger partial charge < -0.3 is 14.5 Å². The molecule has 3 aromatic rings. The minimum absolute atomic E-state index is 0.0414. The molecule has 2 heterocycles. The van der Waals surface area contributed by atoms with E-state index >= 15 is 0 Å². The van der Waals surface area contributed by atoms with Crippen LogP contribution in [0.15, 0.2) is 47.7 Å². The van der Waals surface area contributed by atoms with Crippen molar-refractivity contribution in [3.63, 3.8) is 0 Å². The maximum absolute atomic E-state index is 12.6. The van der Waals surface area contributed by atoms with Crippen LogP contribution in [0.5, 0.6) is 0 Å². The van der Waals surface area contributed by atoms with Crippen molar-refractivity contribution in [2.75, 3.05) is 0 Å². The number of carbonyl (C=O) groups excluding carboxylic acids is 1. The lowest BCUT2D eigenvalue weighted by Gasteiger charge is -2.19. The van der Waals surface area contributed by atoms with Crippen LogP contribution in [0.1, 0.15) is 50.5 Å². The normalized spacial score (nSPS) is 15.9. The molecule has 7 heteroatoms. The van der Waals surface area contributed by atoms with Crippen LogP contribution in [-0.2, 0) is 11.3 Å². The van der Waals surface area contributed by atoms with Crippen LogP contribution in [0.25, 0.3) is 10.9 Å². The number of nitrogens with one attached hydrogen (secondary N) is 1. The van der Waals surface area contributed by atoms with Gasteiger partial charge in [0.1, 0.15) is 12.9 Å². The highest BCUT2D eigenvalue weighted by atomic mass is 16.2. The summed E-state index contributed by atoms with van der Waals surface area (Å²) in [5.41, 5.74) is 0.710. The number of hydrogen-bond acceptors (Lipinski definition) is 4. The van der Waals surface area contributed by atoms with Gasteiger partial charge in [0.05, 0.1) is 11.6 Å². The van der Waals surface area contributed by atoms with Gasteiger partial charge in [-0.25, -0.2) is 0 Å². The molecule has 1 aliphatic carbocycles. The van der Waals surface area contributed by atoms with Crippen LogP contribution in [0.4, 0.5) is 0 Å². The zero-order valence-electron chi connectivity index (χ0n) is 15.3. The lowest BCUT2D eigenvalue weighted by Crippen LogP contribution is -2.32. The summed E-state index contributed by atoms with van der Waals surface area (Å²) in [5, 5.41) is 11.9. The first kappa shape index (κ1) is 17.5. The smallest absolute Gasteiger partial charge is 0.240 e. The fourth-order valence-electron chi connectivity index (χ4n) is 3.93. The van der Waals surface area contributed by atoms with Crippen LogP contribution >= 0.6 is 0 Å². The molecule has 1 aromatic carbocycles. The van der Waals surface area contributed by atoms with E-state index in [4.69, 9.17) is 0 Å². The van der Waals surface area contributed by atoms with Crippen molar-refractivity contribution in [2.45, 2.75) is 51.2 Å². The molecule has 0 spiro atoms. The summed E-state index contributed by atoms with van der Waals surface area (Å²) in [4.78, 5) is 24.6. The topological polar surface area (TPSA) is 81.8 Å². The largest absolute Gasteiger partial charge is 0.345 e. The molecular weight excluding hydrogens is 342 g/mol. The first-order chi connectivity index (χ1) is 13.1. The summed E-state index contributed by atoms with van der Waals surface area (Å²) >= 11 is 0. The van der Waals surface area contributed by atoms with E-state index in [9.17, 15) is 9.59 Å². The monoisotopic (exact) mass is 365 g/mol. The minimum Gasteiger partial charge on any atom is -0.345 e. The van der Waals surface area contributed by atoms with Gasteiger partial charge in [-0.05, 0) is 31.9 Å². The van der Waals surface area contributed by atoms with E-state index in [0.717, 1.165) is 24.2 Å². The van der Waals surface area contributed by atoms with Gasteiger partial charge in [0, 0.05) is 23.7 Å². The maximum atomic E-state index is 12.6. The third-order valence-corrected chi connectivity index (χ3v) is 5.28. The van der Waals surface area contributed by atoms with Gasteiger partial charge in [-0.15, -0.1) is 10.2 Å². The number of nitrogens with zero attached hydrogens (tertiary/aromatic N) is 4. The highest BCUT2D eigenvalue weighted by Gasteiger charge is 2.23. The summed E-state index contributed by atoms with van der Waals surface area (Å²) in [6.45, 7) is 2.07. The number of rotatable bonds is 5. The SMILES string of the molecule is CC(NC(=O)Cn1ccc(=O)c2ccccc21)c1nncn1C1CCCC1. The van der Waals surface area contributed by atoms with Gasteiger partial charge in [-0.3, -0.25) is 9.59 Å². The Morgan fingerprint density at radius 3 is 2.85 bits per heavy atom. The quantitative estimate of drug-likeness (QED) is 0.753. The molecule has 1 unspecified atom stereocenters. The molecule has 1 atom stereocenters. The summed E-state index contributed by atoms with van der Waals surface area (Å²) in [6.07, 6.45) is 8.15. The Balaban J connectivity index is 1.50. The van der Waals surface area contributed by atoms with E-state index in [-0.39, 0.29) is 23.9 Å². The van der Waals surface area contributed by atoms with Gasteiger partial charge in [-0.2, -0.15) is 0 Å². The lowest BCUT2D eigenvalue weighted by atomic mass is 10.2. The molecule has 140 valence electrons. The van der Waals surface area contributed by atoms with Crippen LogP contribution in [0.3, 0.4) is 0 Å². The second-order valence-corrected chi connectivity index (χ2v) is 7.15. The number of para-hydroxylation sites is 1. The van der Waals surface area contributed by atoms with Crippen molar-refractivity contribution in [2.24, 2.45) is 0 Å². The Labute approximate surface area is 157 Å². The molecule has 1 amide bonds. The Morgan fingerprint density at radius 2 is 2.04 bits per heavy atom. The van der Waals surface area contributed by atoms with E-state index in [2.05, 4.69) is 20.1 Å². The third kappa shape index (κ3) is 3.49. The molecule has 4 rings (SSSR count). The number of pyridine rings is 1. The molecule has 1 saturated carbocycles. The average molecular weight is 365 g/mol. The van der Waals surface area contributed by atoms with Crippen molar-refractivity contribution in [3.05, 3.63) is 58.9 Å². The number of fused-ring (bicyclic) bond motifs is 1. The molecule has 0 bridgehead atoms. The number of benzene rings is 1. The number of carbonyl (C=O) groups is 1. The Morgan fingerprint density at radius 1 is 1.26 bits per heavy atom. The van der Waals surface area contributed by atoms with Crippen LogP contribution in [-0.4, -0.2) is 25.2 Å². The Bertz CT molecular complexity index is 1020. The van der Waals surface area contributed by atoms with Crippen LogP contribution in [0, 0.1) is 0 Å². The predicted octanol–water partition coefficient (Wildman–Crippen LogP) is 2.59. The Kier molecular flexibility index (Phi) is 4.75. The zero-order valence-corrected chi connectivity index (χ0v) is 15.3. The van der Waals surface area contributed by atoms with Gasteiger partial charge in [0.25, 0.3) is 0 Å². The Hall–Kier alpha value is -2.96.